The van der Waals surface area contributed by atoms with Crippen LogP contribution in [0.2, 0.25) is 0 Å². The fourth-order valence-corrected chi connectivity index (χ4v) is 1.24. The van der Waals surface area contributed by atoms with Crippen LogP contribution in [0.1, 0.15) is 12.5 Å². The van der Waals surface area contributed by atoms with Crippen molar-refractivity contribution in [3.63, 3.8) is 0 Å². The van der Waals surface area contributed by atoms with Crippen molar-refractivity contribution in [2.45, 2.75) is 13.0 Å². The van der Waals surface area contributed by atoms with Gasteiger partial charge >= 0.3 is 0 Å². The van der Waals surface area contributed by atoms with E-state index in [-0.39, 0.29) is 11.9 Å². The predicted molar refractivity (Wildman–Crippen MR) is 61.4 cm³/mol. The highest BCUT2D eigenvalue weighted by atomic mass is 16.6. The molecule has 0 bridgehead atoms. The number of rotatable bonds is 5. The van der Waals surface area contributed by atoms with Crippen LogP contribution in [0, 0.1) is 0 Å². The van der Waals surface area contributed by atoms with E-state index >= 15 is 0 Å². The summed E-state index contributed by atoms with van der Waals surface area (Å²) in [5, 5.41) is 0. The second kappa shape index (κ2) is 4.94. The van der Waals surface area contributed by atoms with Gasteiger partial charge in [0.25, 0.3) is 0 Å². The molecule has 0 amide bonds. The van der Waals surface area contributed by atoms with E-state index in [4.69, 9.17) is 9.47 Å². The minimum absolute atomic E-state index is 0.0474. The third-order valence-corrected chi connectivity index (χ3v) is 2.23. The Morgan fingerprint density at radius 3 is 2.75 bits per heavy atom. The van der Waals surface area contributed by atoms with E-state index in [9.17, 15) is 4.79 Å². The van der Waals surface area contributed by atoms with Gasteiger partial charge in [-0.25, -0.2) is 0 Å². The Kier molecular flexibility index (Phi) is 3.37. The number of epoxide rings is 1. The molecular formula is C13H14O3. The quantitative estimate of drug-likeness (QED) is 0.561. The molecule has 0 radical (unpaired) electrons. The van der Waals surface area contributed by atoms with Gasteiger partial charge in [-0.05, 0) is 30.7 Å². The van der Waals surface area contributed by atoms with Crippen molar-refractivity contribution in [1.82, 2.24) is 0 Å². The molecule has 1 saturated heterocycles. The molecule has 1 unspecified atom stereocenters. The average molecular weight is 218 g/mol. The molecule has 1 aromatic rings. The maximum absolute atomic E-state index is 10.7. The van der Waals surface area contributed by atoms with Crippen LogP contribution in [-0.4, -0.2) is 25.1 Å². The van der Waals surface area contributed by atoms with Gasteiger partial charge in [-0.15, -0.1) is 0 Å². The lowest BCUT2D eigenvalue weighted by atomic mass is 10.2. The van der Waals surface area contributed by atoms with E-state index in [1.165, 1.54) is 6.92 Å². The van der Waals surface area contributed by atoms with Crippen LogP contribution in [0.4, 0.5) is 0 Å². The van der Waals surface area contributed by atoms with Crippen LogP contribution in [0.15, 0.2) is 30.3 Å². The lowest BCUT2D eigenvalue weighted by molar-refractivity contribution is -0.112. The first-order valence-corrected chi connectivity index (χ1v) is 5.27. The minimum atomic E-state index is 0.0474. The molecule has 84 valence electrons. The Morgan fingerprint density at radius 1 is 1.50 bits per heavy atom. The molecule has 0 saturated carbocycles. The molecule has 0 aromatic heterocycles. The number of ether oxygens (including phenoxy) is 2. The Labute approximate surface area is 94.7 Å². The van der Waals surface area contributed by atoms with Crippen molar-refractivity contribution in [2.24, 2.45) is 0 Å². The fraction of sp³-hybridized carbons (Fsp3) is 0.308. The first kappa shape index (κ1) is 10.9. The smallest absolute Gasteiger partial charge is 0.152 e. The molecule has 0 spiro atoms. The number of ketones is 1. The number of carbonyl (C=O) groups excluding carboxylic acids is 1. The number of carbonyl (C=O) groups is 1. The first-order chi connectivity index (χ1) is 7.74. The van der Waals surface area contributed by atoms with Crippen LogP contribution in [0.5, 0.6) is 5.75 Å². The summed E-state index contributed by atoms with van der Waals surface area (Å²) in [5.41, 5.74) is 0.991. The Hall–Kier alpha value is -1.61. The summed E-state index contributed by atoms with van der Waals surface area (Å²) in [6.07, 6.45) is 3.61. The Bertz CT molecular complexity index is 388. The SMILES string of the molecule is CC(=O)C=Cc1ccc(OCC2CO2)cc1. The van der Waals surface area contributed by atoms with Gasteiger partial charge in [0, 0.05) is 0 Å². The number of hydrogen-bond acceptors (Lipinski definition) is 3. The van der Waals surface area contributed by atoms with E-state index < -0.39 is 0 Å². The average Bonchev–Trinajstić information content (AvgIpc) is 3.09. The van der Waals surface area contributed by atoms with Gasteiger partial charge in [-0.2, -0.15) is 0 Å². The van der Waals surface area contributed by atoms with Crippen molar-refractivity contribution < 1.29 is 14.3 Å². The molecule has 2 rings (SSSR count). The molecule has 1 aliphatic rings. The molecule has 0 N–H and O–H groups in total. The Morgan fingerprint density at radius 2 is 2.19 bits per heavy atom. The molecule has 3 nitrogen and oxygen atoms in total. The number of hydrogen-bond donors (Lipinski definition) is 0. The second-order valence-corrected chi connectivity index (χ2v) is 3.78. The zero-order chi connectivity index (χ0) is 11.4. The lowest BCUT2D eigenvalue weighted by Gasteiger charge is -2.03. The zero-order valence-corrected chi connectivity index (χ0v) is 9.18. The van der Waals surface area contributed by atoms with Gasteiger partial charge < -0.3 is 9.47 Å². The summed E-state index contributed by atoms with van der Waals surface area (Å²) in [7, 11) is 0. The Balaban J connectivity index is 1.89. The summed E-state index contributed by atoms with van der Waals surface area (Å²) in [6.45, 7) is 2.95. The van der Waals surface area contributed by atoms with Gasteiger partial charge in [-0.1, -0.05) is 18.2 Å². The molecule has 0 aliphatic carbocycles. The van der Waals surface area contributed by atoms with E-state index in [1.807, 2.05) is 24.3 Å². The standard InChI is InChI=1S/C13H14O3/c1-10(14)2-3-11-4-6-12(7-5-11)15-8-13-9-16-13/h2-7,13H,8-9H2,1H3. The van der Waals surface area contributed by atoms with Crippen molar-refractivity contribution in [2.75, 3.05) is 13.2 Å². The molecule has 1 heterocycles. The topological polar surface area (TPSA) is 38.8 Å². The molecule has 1 fully saturated rings. The van der Waals surface area contributed by atoms with Crippen LogP contribution < -0.4 is 4.74 Å². The maximum Gasteiger partial charge on any atom is 0.152 e. The van der Waals surface area contributed by atoms with Crippen molar-refractivity contribution in [3.05, 3.63) is 35.9 Å². The van der Waals surface area contributed by atoms with E-state index in [0.29, 0.717) is 6.61 Å². The lowest BCUT2D eigenvalue weighted by Crippen LogP contribution is -2.03. The molecule has 1 aromatic carbocycles. The van der Waals surface area contributed by atoms with E-state index in [0.717, 1.165) is 17.9 Å². The number of benzene rings is 1. The zero-order valence-electron chi connectivity index (χ0n) is 9.18. The predicted octanol–water partition coefficient (Wildman–Crippen LogP) is 2.07. The largest absolute Gasteiger partial charge is 0.491 e. The third-order valence-electron chi connectivity index (χ3n) is 2.23. The summed E-state index contributed by atoms with van der Waals surface area (Å²) in [4.78, 5) is 10.7. The molecule has 1 aliphatic heterocycles. The van der Waals surface area contributed by atoms with Gasteiger partial charge in [0.15, 0.2) is 5.78 Å². The summed E-state index contributed by atoms with van der Waals surface area (Å²) in [5.74, 6) is 0.877. The van der Waals surface area contributed by atoms with E-state index in [1.54, 1.807) is 12.2 Å². The first-order valence-electron chi connectivity index (χ1n) is 5.27. The van der Waals surface area contributed by atoms with Gasteiger partial charge in [0.1, 0.15) is 18.5 Å². The normalized spacial score (nSPS) is 18.7. The van der Waals surface area contributed by atoms with Gasteiger partial charge in [0.2, 0.25) is 0 Å². The van der Waals surface area contributed by atoms with Crippen LogP contribution in [0.25, 0.3) is 6.08 Å². The van der Waals surface area contributed by atoms with Crippen molar-refractivity contribution in [1.29, 1.82) is 0 Å². The maximum atomic E-state index is 10.7. The third kappa shape index (κ3) is 3.51. The summed E-state index contributed by atoms with van der Waals surface area (Å²) < 4.78 is 10.5. The summed E-state index contributed by atoms with van der Waals surface area (Å²) in [6, 6.07) is 7.62. The molecule has 16 heavy (non-hydrogen) atoms. The molecular weight excluding hydrogens is 204 g/mol. The highest BCUT2D eigenvalue weighted by molar-refractivity contribution is 5.91. The minimum Gasteiger partial charge on any atom is -0.491 e. The monoisotopic (exact) mass is 218 g/mol. The second-order valence-electron chi connectivity index (χ2n) is 3.78. The molecule has 1 atom stereocenters. The van der Waals surface area contributed by atoms with Gasteiger partial charge in [0.05, 0.1) is 6.61 Å². The fourth-order valence-electron chi connectivity index (χ4n) is 1.24. The molecule has 3 heteroatoms. The van der Waals surface area contributed by atoms with Crippen molar-refractivity contribution >= 4 is 11.9 Å². The summed E-state index contributed by atoms with van der Waals surface area (Å²) >= 11 is 0. The highest BCUT2D eigenvalue weighted by Gasteiger charge is 2.22. The van der Waals surface area contributed by atoms with Gasteiger partial charge in [-0.3, -0.25) is 4.79 Å². The van der Waals surface area contributed by atoms with Crippen LogP contribution >= 0.6 is 0 Å². The van der Waals surface area contributed by atoms with E-state index in [2.05, 4.69) is 0 Å². The van der Waals surface area contributed by atoms with Crippen LogP contribution in [0.3, 0.4) is 0 Å². The number of allylic oxidation sites excluding steroid dienone is 1. The highest BCUT2D eigenvalue weighted by Crippen LogP contribution is 2.16. The van der Waals surface area contributed by atoms with Crippen LogP contribution in [-0.2, 0) is 9.53 Å². The van der Waals surface area contributed by atoms with Crippen molar-refractivity contribution in [3.8, 4) is 5.75 Å².